The lowest BCUT2D eigenvalue weighted by molar-refractivity contribution is -0.141. The minimum Gasteiger partial charge on any atom is -0.494 e. The molecule has 5 rings (SSSR count). The van der Waals surface area contributed by atoms with Crippen LogP contribution in [0.3, 0.4) is 0 Å². The van der Waals surface area contributed by atoms with Gasteiger partial charge >= 0.3 is 0 Å². The molecule has 3 aromatic carbocycles. The average molecular weight is 543 g/mol. The first kappa shape index (κ1) is 27.4. The van der Waals surface area contributed by atoms with Crippen LogP contribution in [-0.2, 0) is 16.1 Å². The molecule has 0 radical (unpaired) electrons. The van der Waals surface area contributed by atoms with Crippen LogP contribution in [0.5, 0.6) is 5.75 Å². The Labute approximate surface area is 239 Å². The Kier molecular flexibility index (Phi) is 7.93. The lowest BCUT2D eigenvalue weighted by atomic mass is 9.92. The number of rotatable bonds is 8. The molecule has 0 unspecified atom stereocenters. The molecule has 7 heteroatoms. The number of aromatic nitrogens is 2. The molecule has 1 aliphatic heterocycles. The van der Waals surface area contributed by atoms with Gasteiger partial charge in [-0.25, -0.2) is 4.68 Å². The minimum atomic E-state index is -0.588. The van der Waals surface area contributed by atoms with Crippen LogP contribution < -0.4 is 4.74 Å². The molecule has 0 bridgehead atoms. The first-order valence-electron chi connectivity index (χ1n) is 13.5. The van der Waals surface area contributed by atoms with Crippen molar-refractivity contribution in [1.29, 1.82) is 5.26 Å². The number of benzene rings is 3. The maximum atomic E-state index is 13.8. The number of amides is 2. The summed E-state index contributed by atoms with van der Waals surface area (Å²) in [7, 11) is 0. The van der Waals surface area contributed by atoms with Crippen molar-refractivity contribution in [2.24, 2.45) is 0 Å². The molecule has 0 spiro atoms. The van der Waals surface area contributed by atoms with Gasteiger partial charge in [-0.3, -0.25) is 14.5 Å². The van der Waals surface area contributed by atoms with Gasteiger partial charge in [0.15, 0.2) is 0 Å². The van der Waals surface area contributed by atoms with Crippen LogP contribution in [0, 0.1) is 18.3 Å². The van der Waals surface area contributed by atoms with Crippen molar-refractivity contribution >= 4 is 17.9 Å². The Morgan fingerprint density at radius 1 is 0.951 bits per heavy atom. The van der Waals surface area contributed by atoms with Crippen LogP contribution in [0.4, 0.5) is 0 Å². The fourth-order valence-electron chi connectivity index (χ4n) is 4.82. The number of ether oxygens (including phenoxy) is 1. The third-order valence-electron chi connectivity index (χ3n) is 7.00. The summed E-state index contributed by atoms with van der Waals surface area (Å²) in [5.74, 6) is -0.256. The quantitative estimate of drug-likeness (QED) is 0.189. The Morgan fingerprint density at radius 3 is 2.32 bits per heavy atom. The van der Waals surface area contributed by atoms with E-state index >= 15 is 0 Å². The zero-order valence-electron chi connectivity index (χ0n) is 23.3. The van der Waals surface area contributed by atoms with Crippen molar-refractivity contribution in [3.05, 3.63) is 118 Å². The zero-order valence-corrected chi connectivity index (χ0v) is 23.3. The number of aryl methyl sites for hydroxylation is 1. The molecule has 204 valence electrons. The number of nitriles is 1. The SMILES string of the molecule is CCCOc1ccc(-c2nn(-c3ccccc3)cc2/C=C2/C(=O)N(Cc3ccccc3)C(=O)C(C#N)=C2C)c(C)c1. The highest BCUT2D eigenvalue weighted by atomic mass is 16.5. The van der Waals surface area contributed by atoms with E-state index in [2.05, 4.69) is 6.92 Å². The molecule has 0 fully saturated rings. The van der Waals surface area contributed by atoms with Crippen molar-refractivity contribution in [1.82, 2.24) is 14.7 Å². The van der Waals surface area contributed by atoms with Crippen LogP contribution in [-0.4, -0.2) is 33.1 Å². The summed E-state index contributed by atoms with van der Waals surface area (Å²) < 4.78 is 7.59. The van der Waals surface area contributed by atoms with Crippen LogP contribution in [0.25, 0.3) is 23.0 Å². The Morgan fingerprint density at radius 2 is 1.66 bits per heavy atom. The molecule has 2 heterocycles. The van der Waals surface area contributed by atoms with Crippen LogP contribution >= 0.6 is 0 Å². The minimum absolute atomic E-state index is 0.0441. The van der Waals surface area contributed by atoms with E-state index in [4.69, 9.17) is 9.84 Å². The summed E-state index contributed by atoms with van der Waals surface area (Å²) in [6.45, 7) is 6.41. The van der Waals surface area contributed by atoms with E-state index in [0.717, 1.165) is 39.4 Å². The topological polar surface area (TPSA) is 88.2 Å². The fourth-order valence-corrected chi connectivity index (χ4v) is 4.82. The second-order valence-corrected chi connectivity index (χ2v) is 9.89. The van der Waals surface area contributed by atoms with Crippen molar-refractivity contribution in [2.75, 3.05) is 6.61 Å². The van der Waals surface area contributed by atoms with Crippen molar-refractivity contribution in [3.63, 3.8) is 0 Å². The Hall–Kier alpha value is -5.22. The highest BCUT2D eigenvalue weighted by Crippen LogP contribution is 2.34. The third kappa shape index (κ3) is 5.59. The lowest BCUT2D eigenvalue weighted by Gasteiger charge is -2.27. The van der Waals surface area contributed by atoms with Gasteiger partial charge in [-0.05, 0) is 73.4 Å². The van der Waals surface area contributed by atoms with E-state index in [0.29, 0.717) is 23.4 Å². The second kappa shape index (κ2) is 11.9. The van der Waals surface area contributed by atoms with Crippen LogP contribution in [0.15, 0.2) is 102 Å². The number of carbonyl (C=O) groups excluding carboxylic acids is 2. The summed E-state index contributed by atoms with van der Waals surface area (Å²) in [5.41, 5.74) is 5.47. The normalized spacial score (nSPS) is 14.5. The van der Waals surface area contributed by atoms with Gasteiger partial charge in [0.1, 0.15) is 23.1 Å². The van der Waals surface area contributed by atoms with Gasteiger partial charge in [-0.2, -0.15) is 10.4 Å². The maximum Gasteiger partial charge on any atom is 0.271 e. The van der Waals surface area contributed by atoms with Gasteiger partial charge < -0.3 is 4.74 Å². The number of nitrogens with zero attached hydrogens (tertiary/aromatic N) is 4. The van der Waals surface area contributed by atoms with E-state index in [1.807, 2.05) is 98.1 Å². The van der Waals surface area contributed by atoms with Crippen molar-refractivity contribution in [3.8, 4) is 28.8 Å². The maximum absolute atomic E-state index is 13.8. The smallest absolute Gasteiger partial charge is 0.271 e. The van der Waals surface area contributed by atoms with Gasteiger partial charge in [-0.1, -0.05) is 55.5 Å². The molecule has 41 heavy (non-hydrogen) atoms. The standard InChI is InChI=1S/C34H30N4O3/c1-4-17-41-28-15-16-29(23(2)18-28)32-26(22-38(36-32)27-13-9-6-10-14-27)19-30-24(3)31(20-35)34(40)37(33(30)39)21-25-11-7-5-8-12-25/h5-16,18-19,22H,4,17,21H2,1-3H3/b30-19+. The monoisotopic (exact) mass is 542 g/mol. The molecule has 7 nitrogen and oxygen atoms in total. The second-order valence-electron chi connectivity index (χ2n) is 9.89. The average Bonchev–Trinajstić information content (AvgIpc) is 3.41. The van der Waals surface area contributed by atoms with Crippen molar-refractivity contribution in [2.45, 2.75) is 33.7 Å². The van der Waals surface area contributed by atoms with Gasteiger partial charge in [-0.15, -0.1) is 0 Å². The highest BCUT2D eigenvalue weighted by Gasteiger charge is 2.35. The van der Waals surface area contributed by atoms with Crippen molar-refractivity contribution < 1.29 is 14.3 Å². The van der Waals surface area contributed by atoms with E-state index in [1.54, 1.807) is 17.7 Å². The van der Waals surface area contributed by atoms with E-state index in [-0.39, 0.29) is 17.7 Å². The first-order chi connectivity index (χ1) is 19.9. The molecule has 0 atom stereocenters. The Balaban J connectivity index is 1.64. The summed E-state index contributed by atoms with van der Waals surface area (Å²) in [6, 6.07) is 26.9. The highest BCUT2D eigenvalue weighted by molar-refractivity contribution is 6.19. The predicted octanol–water partition coefficient (Wildman–Crippen LogP) is 6.43. The van der Waals surface area contributed by atoms with E-state index in [9.17, 15) is 14.9 Å². The zero-order chi connectivity index (χ0) is 28.9. The summed E-state index contributed by atoms with van der Waals surface area (Å²) in [6.07, 6.45) is 4.51. The van der Waals surface area contributed by atoms with Crippen LogP contribution in [0.2, 0.25) is 0 Å². The number of carbonyl (C=O) groups is 2. The van der Waals surface area contributed by atoms with Crippen LogP contribution in [0.1, 0.15) is 37.0 Å². The Bertz CT molecular complexity index is 1710. The molecule has 1 aromatic heterocycles. The third-order valence-corrected chi connectivity index (χ3v) is 7.00. The summed E-state index contributed by atoms with van der Waals surface area (Å²) >= 11 is 0. The number of imide groups is 1. The lowest BCUT2D eigenvalue weighted by Crippen LogP contribution is -2.42. The van der Waals surface area contributed by atoms with E-state index < -0.39 is 11.8 Å². The molecule has 0 aliphatic carbocycles. The number of hydrogen-bond donors (Lipinski definition) is 0. The molecule has 1 aliphatic rings. The largest absolute Gasteiger partial charge is 0.494 e. The number of hydrogen-bond acceptors (Lipinski definition) is 5. The summed E-state index contributed by atoms with van der Waals surface area (Å²) in [5, 5.41) is 14.8. The van der Waals surface area contributed by atoms with Gasteiger partial charge in [0.05, 0.1) is 18.8 Å². The molecule has 0 N–H and O–H groups in total. The molecule has 0 saturated carbocycles. The van der Waals surface area contributed by atoms with Gasteiger partial charge in [0.2, 0.25) is 0 Å². The number of para-hydroxylation sites is 1. The molecular weight excluding hydrogens is 512 g/mol. The van der Waals surface area contributed by atoms with Gasteiger partial charge in [0, 0.05) is 22.9 Å². The fraction of sp³-hybridized carbons (Fsp3) is 0.176. The predicted molar refractivity (Wildman–Crippen MR) is 158 cm³/mol. The van der Waals surface area contributed by atoms with E-state index in [1.165, 1.54) is 0 Å². The summed E-state index contributed by atoms with van der Waals surface area (Å²) in [4.78, 5) is 28.1. The molecule has 2 amide bonds. The molecule has 4 aromatic rings. The first-order valence-corrected chi connectivity index (χ1v) is 13.5. The van der Waals surface area contributed by atoms with Gasteiger partial charge in [0.25, 0.3) is 11.8 Å². The molecular formula is C34H30N4O3. The molecule has 0 saturated heterocycles.